The summed E-state index contributed by atoms with van der Waals surface area (Å²) >= 11 is 0. The maximum Gasteiger partial charge on any atom is 0.472 e. The first kappa shape index (κ1) is 23.7. The summed E-state index contributed by atoms with van der Waals surface area (Å²) < 4.78 is 22.4. The highest BCUT2D eigenvalue weighted by Crippen LogP contribution is 2.35. The molecule has 4 aromatic heterocycles. The summed E-state index contributed by atoms with van der Waals surface area (Å²) in [4.78, 5) is 25.3. The first-order valence-electron chi connectivity index (χ1n) is 11.0. The topological polar surface area (TPSA) is 163 Å². The normalized spacial score (nSPS) is 11.7. The molecule has 0 bridgehead atoms. The van der Waals surface area contributed by atoms with Gasteiger partial charge in [0.2, 0.25) is 6.73 Å². The van der Waals surface area contributed by atoms with Crippen LogP contribution in [0.15, 0.2) is 77.7 Å². The maximum atomic E-state index is 11.0. The van der Waals surface area contributed by atoms with E-state index in [9.17, 15) is 4.57 Å². The molecule has 184 valence electrons. The van der Waals surface area contributed by atoms with Crippen LogP contribution in [0.2, 0.25) is 0 Å². The highest BCUT2D eigenvalue weighted by Gasteiger charge is 2.20. The van der Waals surface area contributed by atoms with Gasteiger partial charge in [0.25, 0.3) is 5.82 Å². The summed E-state index contributed by atoms with van der Waals surface area (Å²) in [6.07, 6.45) is 5.80. The number of nitrogens with one attached hydrogen (secondary N) is 2. The van der Waals surface area contributed by atoms with E-state index in [1.807, 2.05) is 24.4 Å². The zero-order valence-corrected chi connectivity index (χ0v) is 19.9. The van der Waals surface area contributed by atoms with Gasteiger partial charge >= 0.3 is 7.82 Å². The van der Waals surface area contributed by atoms with Crippen molar-refractivity contribution in [3.63, 3.8) is 0 Å². The van der Waals surface area contributed by atoms with E-state index in [4.69, 9.17) is 20.0 Å². The molecule has 11 nitrogen and oxygen atoms in total. The Morgan fingerprint density at radius 3 is 2.75 bits per heavy atom. The van der Waals surface area contributed by atoms with Crippen LogP contribution in [0.1, 0.15) is 16.8 Å². The summed E-state index contributed by atoms with van der Waals surface area (Å²) in [7, 11) is -4.62. The molecule has 0 saturated heterocycles. The van der Waals surface area contributed by atoms with Gasteiger partial charge in [-0.25, -0.2) is 18.6 Å². The van der Waals surface area contributed by atoms with Gasteiger partial charge in [0, 0.05) is 30.6 Å². The van der Waals surface area contributed by atoms with Crippen LogP contribution in [-0.2, 0) is 28.8 Å². The van der Waals surface area contributed by atoms with E-state index in [-0.39, 0.29) is 5.82 Å². The van der Waals surface area contributed by atoms with E-state index in [2.05, 4.69) is 43.2 Å². The number of phosphoric acid groups is 1. The van der Waals surface area contributed by atoms with Gasteiger partial charge in [0.15, 0.2) is 5.76 Å². The number of nitrogens with zero attached hydrogens (tertiary/aromatic N) is 3. The lowest BCUT2D eigenvalue weighted by atomic mass is 10.1. The zero-order chi connectivity index (χ0) is 25.1. The van der Waals surface area contributed by atoms with E-state index in [1.54, 1.807) is 30.6 Å². The highest BCUT2D eigenvalue weighted by atomic mass is 31.2. The summed E-state index contributed by atoms with van der Waals surface area (Å²) in [5.74, 6) is 0.679. The number of fused-ring (bicyclic) bond motifs is 1. The average Bonchev–Trinajstić information content (AvgIpc) is 3.52. The molecule has 36 heavy (non-hydrogen) atoms. The van der Waals surface area contributed by atoms with Crippen LogP contribution < -0.4 is 15.6 Å². The summed E-state index contributed by atoms with van der Waals surface area (Å²) in [6.45, 7) is 0.272. The molecule has 1 aromatic carbocycles. The molecular formula is C24H24N6O5P+. The number of rotatable bonds is 9. The van der Waals surface area contributed by atoms with Crippen LogP contribution in [0.3, 0.4) is 0 Å². The monoisotopic (exact) mass is 507 g/mol. The third-order valence-corrected chi connectivity index (χ3v) is 6.06. The van der Waals surface area contributed by atoms with Gasteiger partial charge in [-0.15, -0.1) is 0 Å². The molecule has 0 aliphatic carbocycles. The van der Waals surface area contributed by atoms with Crippen molar-refractivity contribution in [3.05, 3.63) is 90.0 Å². The molecule has 0 unspecified atom stereocenters. The molecule has 5 aromatic rings. The van der Waals surface area contributed by atoms with Crippen LogP contribution in [0, 0.1) is 0 Å². The molecular weight excluding hydrogens is 483 g/mol. The van der Waals surface area contributed by atoms with Gasteiger partial charge in [0.1, 0.15) is 11.2 Å². The fourth-order valence-electron chi connectivity index (χ4n) is 3.77. The summed E-state index contributed by atoms with van der Waals surface area (Å²) in [5, 5.41) is 8.60. The quantitative estimate of drug-likeness (QED) is 0.149. The second-order valence-electron chi connectivity index (χ2n) is 8.19. The van der Waals surface area contributed by atoms with Crippen molar-refractivity contribution in [2.24, 2.45) is 0 Å². The Bertz CT molecular complexity index is 1540. The number of hydrogen-bond donors (Lipinski definition) is 5. The number of aromatic amines is 1. The molecule has 12 heteroatoms. The van der Waals surface area contributed by atoms with E-state index >= 15 is 0 Å². The fourth-order valence-corrected chi connectivity index (χ4v) is 4.04. The SMILES string of the molecule is Nc1c(-c2cc(Cc3ccc(CNc4cnc5[nH]ccc5c4)cc3)no2)ccc[n+]1COP(=O)(O)O. The Morgan fingerprint density at radius 2 is 1.94 bits per heavy atom. The predicted octanol–water partition coefficient (Wildman–Crippen LogP) is 3.36. The van der Waals surface area contributed by atoms with Crippen LogP contribution in [0.25, 0.3) is 22.4 Å². The average molecular weight is 507 g/mol. The van der Waals surface area contributed by atoms with Crippen LogP contribution >= 0.6 is 7.82 Å². The van der Waals surface area contributed by atoms with Crippen molar-refractivity contribution < 1.29 is 28.0 Å². The summed E-state index contributed by atoms with van der Waals surface area (Å²) in [5.41, 5.74) is 11.4. The third kappa shape index (κ3) is 5.61. The zero-order valence-electron chi connectivity index (χ0n) is 19.0. The Hall–Kier alpha value is -4.02. The smallest absolute Gasteiger partial charge is 0.380 e. The fraction of sp³-hybridized carbons (Fsp3) is 0.125. The van der Waals surface area contributed by atoms with Gasteiger partial charge in [0.05, 0.1) is 23.8 Å². The molecule has 5 rings (SSSR count). The standard InChI is InChI=1S/C24H23N6O5P/c25-23-21(2-1-9-30(23)15-34-36(31,32)33)22-12-19(29-35-22)10-16-3-5-17(6-4-16)13-27-20-11-18-7-8-26-24(18)28-14-20/h1-9,11-12,14,25,27H,10,13,15H2,(H3,26,28,31,32,33)/p+1. The van der Waals surface area contributed by atoms with Gasteiger partial charge in [-0.3, -0.25) is 5.73 Å². The number of phosphoric ester groups is 1. The minimum absolute atomic E-state index is 0.233. The lowest BCUT2D eigenvalue weighted by Crippen LogP contribution is -2.38. The summed E-state index contributed by atoms with van der Waals surface area (Å²) in [6, 6.07) is 17.5. The number of aromatic nitrogens is 4. The van der Waals surface area contributed by atoms with Crippen LogP contribution in [0.4, 0.5) is 11.5 Å². The molecule has 0 fully saturated rings. The van der Waals surface area contributed by atoms with Crippen molar-refractivity contribution in [2.75, 3.05) is 11.1 Å². The van der Waals surface area contributed by atoms with Crippen molar-refractivity contribution >= 4 is 30.4 Å². The molecule has 6 N–H and O–H groups in total. The molecule has 0 aliphatic heterocycles. The molecule has 0 spiro atoms. The van der Waals surface area contributed by atoms with E-state index in [0.29, 0.717) is 24.3 Å². The Kier molecular flexibility index (Phi) is 6.53. The van der Waals surface area contributed by atoms with Crippen molar-refractivity contribution in [1.29, 1.82) is 0 Å². The van der Waals surface area contributed by atoms with Gasteiger partial charge in [-0.05, 0) is 35.4 Å². The number of pyridine rings is 2. The molecule has 0 amide bonds. The van der Waals surface area contributed by atoms with Crippen LogP contribution in [0.5, 0.6) is 0 Å². The second kappa shape index (κ2) is 9.92. The van der Waals surface area contributed by atoms with Gasteiger partial charge in [-0.2, -0.15) is 0 Å². The van der Waals surface area contributed by atoms with E-state index in [0.717, 1.165) is 33.5 Å². The van der Waals surface area contributed by atoms with Crippen molar-refractivity contribution in [1.82, 2.24) is 15.1 Å². The lowest BCUT2D eigenvalue weighted by Gasteiger charge is -2.07. The first-order chi connectivity index (χ1) is 17.3. The highest BCUT2D eigenvalue weighted by molar-refractivity contribution is 7.46. The molecule has 0 atom stereocenters. The number of hydrogen-bond acceptors (Lipinski definition) is 7. The molecule has 0 radical (unpaired) electrons. The third-order valence-electron chi connectivity index (χ3n) is 5.61. The minimum Gasteiger partial charge on any atom is -0.380 e. The number of nitrogen functional groups attached to an aromatic ring is 1. The van der Waals surface area contributed by atoms with Gasteiger partial charge < -0.3 is 24.6 Å². The number of benzene rings is 1. The predicted molar refractivity (Wildman–Crippen MR) is 132 cm³/mol. The van der Waals surface area contributed by atoms with Gasteiger partial charge in [-0.1, -0.05) is 29.4 Å². The van der Waals surface area contributed by atoms with E-state index < -0.39 is 14.6 Å². The number of nitrogens with two attached hydrogens (primary N) is 1. The Morgan fingerprint density at radius 1 is 1.14 bits per heavy atom. The van der Waals surface area contributed by atoms with Crippen LogP contribution in [-0.4, -0.2) is 24.9 Å². The first-order valence-corrected chi connectivity index (χ1v) is 12.6. The Balaban J connectivity index is 1.21. The molecule has 4 heterocycles. The van der Waals surface area contributed by atoms with Crippen molar-refractivity contribution in [2.45, 2.75) is 19.7 Å². The molecule has 0 aliphatic rings. The largest absolute Gasteiger partial charge is 0.472 e. The van der Waals surface area contributed by atoms with E-state index in [1.165, 1.54) is 4.57 Å². The number of anilines is 2. The Labute approximate surface area is 205 Å². The maximum absolute atomic E-state index is 11.0. The lowest BCUT2D eigenvalue weighted by molar-refractivity contribution is -0.711. The number of H-pyrrole nitrogens is 1. The second-order valence-corrected chi connectivity index (χ2v) is 9.43. The minimum atomic E-state index is -4.62. The molecule has 0 saturated carbocycles. The van der Waals surface area contributed by atoms with Crippen molar-refractivity contribution in [3.8, 4) is 11.3 Å².